The standard InChI is InChI=1S/C15H22N2O4.ClH/c1-11(15(19)20)16(2)10-14(18)17(3)9-12-7-5-6-8-13(12)21-4;/h5-8,11H,9-10H2,1-4H3,(H,19,20);1H. The lowest BCUT2D eigenvalue weighted by Gasteiger charge is -2.24. The Morgan fingerprint density at radius 1 is 1.27 bits per heavy atom. The van der Waals surface area contributed by atoms with E-state index in [0.717, 1.165) is 11.3 Å². The Bertz CT molecular complexity index is 510. The molecule has 0 radical (unpaired) electrons. The van der Waals surface area contributed by atoms with Crippen molar-refractivity contribution in [1.82, 2.24) is 9.80 Å². The van der Waals surface area contributed by atoms with E-state index in [1.807, 2.05) is 24.3 Å². The van der Waals surface area contributed by atoms with Crippen molar-refractivity contribution in [1.29, 1.82) is 0 Å². The van der Waals surface area contributed by atoms with Crippen LogP contribution in [0, 0.1) is 0 Å². The topological polar surface area (TPSA) is 70.1 Å². The number of carbonyl (C=O) groups excluding carboxylic acids is 1. The summed E-state index contributed by atoms with van der Waals surface area (Å²) in [5, 5.41) is 8.92. The second-order valence-corrected chi connectivity index (χ2v) is 4.99. The molecule has 0 spiro atoms. The van der Waals surface area contributed by atoms with Crippen molar-refractivity contribution in [3.05, 3.63) is 29.8 Å². The first-order valence-corrected chi connectivity index (χ1v) is 6.65. The fourth-order valence-electron chi connectivity index (χ4n) is 1.84. The molecular weight excluding hydrogens is 308 g/mol. The molecule has 1 aromatic rings. The van der Waals surface area contributed by atoms with E-state index in [4.69, 9.17) is 9.84 Å². The molecule has 0 fully saturated rings. The van der Waals surface area contributed by atoms with Crippen LogP contribution in [0.1, 0.15) is 12.5 Å². The van der Waals surface area contributed by atoms with Gasteiger partial charge in [0.15, 0.2) is 0 Å². The molecule has 0 aromatic heterocycles. The van der Waals surface area contributed by atoms with Crippen molar-refractivity contribution in [2.45, 2.75) is 19.5 Å². The van der Waals surface area contributed by atoms with Gasteiger partial charge in [0.2, 0.25) is 5.91 Å². The average molecular weight is 331 g/mol. The molecule has 1 atom stereocenters. The van der Waals surface area contributed by atoms with Crippen molar-refractivity contribution in [2.75, 3.05) is 27.7 Å². The second-order valence-electron chi connectivity index (χ2n) is 4.99. The highest BCUT2D eigenvalue weighted by Gasteiger charge is 2.21. The highest BCUT2D eigenvalue weighted by Crippen LogP contribution is 2.18. The Kier molecular flexibility index (Phi) is 8.52. The van der Waals surface area contributed by atoms with Crippen LogP contribution in [0.3, 0.4) is 0 Å². The summed E-state index contributed by atoms with van der Waals surface area (Å²) in [4.78, 5) is 26.1. The van der Waals surface area contributed by atoms with Crippen molar-refractivity contribution < 1.29 is 19.4 Å². The van der Waals surface area contributed by atoms with Gasteiger partial charge < -0.3 is 14.7 Å². The van der Waals surface area contributed by atoms with E-state index in [2.05, 4.69) is 0 Å². The molecule has 124 valence electrons. The van der Waals surface area contributed by atoms with Crippen LogP contribution in [0.15, 0.2) is 24.3 Å². The maximum Gasteiger partial charge on any atom is 0.320 e. The van der Waals surface area contributed by atoms with E-state index in [0.29, 0.717) is 6.54 Å². The Balaban J connectivity index is 0.00000441. The molecule has 1 aromatic carbocycles. The second kappa shape index (κ2) is 9.27. The number of halogens is 1. The number of para-hydroxylation sites is 1. The number of carboxylic acids is 1. The number of nitrogens with zero attached hydrogens (tertiary/aromatic N) is 2. The van der Waals surface area contributed by atoms with Crippen LogP contribution >= 0.6 is 12.4 Å². The van der Waals surface area contributed by atoms with Crippen molar-refractivity contribution in [2.24, 2.45) is 0 Å². The highest BCUT2D eigenvalue weighted by molar-refractivity contribution is 5.85. The molecule has 6 nitrogen and oxygen atoms in total. The summed E-state index contributed by atoms with van der Waals surface area (Å²) in [6.07, 6.45) is 0. The number of rotatable bonds is 7. The van der Waals surface area contributed by atoms with Gasteiger partial charge in [0.05, 0.1) is 13.7 Å². The zero-order valence-corrected chi connectivity index (χ0v) is 14.1. The van der Waals surface area contributed by atoms with Crippen LogP contribution in [0.2, 0.25) is 0 Å². The third-order valence-electron chi connectivity index (χ3n) is 3.43. The van der Waals surface area contributed by atoms with Crippen LogP contribution < -0.4 is 4.74 Å². The number of hydrogen-bond acceptors (Lipinski definition) is 4. The molecule has 1 rings (SSSR count). The fraction of sp³-hybridized carbons (Fsp3) is 0.467. The molecule has 0 saturated heterocycles. The molecular formula is C15H23ClN2O4. The third kappa shape index (κ3) is 5.54. The van der Waals surface area contributed by atoms with Gasteiger partial charge in [-0.1, -0.05) is 18.2 Å². The fourth-order valence-corrected chi connectivity index (χ4v) is 1.84. The smallest absolute Gasteiger partial charge is 0.320 e. The van der Waals surface area contributed by atoms with Gasteiger partial charge in [0.25, 0.3) is 0 Å². The lowest BCUT2D eigenvalue weighted by molar-refractivity contribution is -0.143. The van der Waals surface area contributed by atoms with Crippen LogP contribution in [0.5, 0.6) is 5.75 Å². The maximum absolute atomic E-state index is 12.1. The van der Waals surface area contributed by atoms with Gasteiger partial charge in [0.1, 0.15) is 11.8 Å². The summed E-state index contributed by atoms with van der Waals surface area (Å²) >= 11 is 0. The molecule has 1 amide bonds. The summed E-state index contributed by atoms with van der Waals surface area (Å²) in [6, 6.07) is 6.79. The van der Waals surface area contributed by atoms with Crippen LogP contribution in [-0.4, -0.2) is 60.6 Å². The molecule has 0 bridgehead atoms. The number of aliphatic carboxylic acids is 1. The Morgan fingerprint density at radius 3 is 2.41 bits per heavy atom. The van der Waals surface area contributed by atoms with Crippen LogP contribution in [0.25, 0.3) is 0 Å². The van der Waals surface area contributed by atoms with Crippen molar-refractivity contribution in [3.8, 4) is 5.75 Å². The number of carboxylic acid groups (broad SMARTS) is 1. The summed E-state index contributed by atoms with van der Waals surface area (Å²) in [7, 11) is 4.89. The molecule has 0 aliphatic carbocycles. The molecule has 7 heteroatoms. The van der Waals surface area contributed by atoms with E-state index in [9.17, 15) is 9.59 Å². The molecule has 0 aliphatic rings. The summed E-state index contributed by atoms with van der Waals surface area (Å²) in [5.74, 6) is -0.362. The van der Waals surface area contributed by atoms with E-state index in [-0.39, 0.29) is 24.9 Å². The van der Waals surface area contributed by atoms with E-state index in [1.165, 1.54) is 4.90 Å². The highest BCUT2D eigenvalue weighted by atomic mass is 35.5. The lowest BCUT2D eigenvalue weighted by atomic mass is 10.2. The quantitative estimate of drug-likeness (QED) is 0.820. The zero-order valence-electron chi connectivity index (χ0n) is 13.3. The maximum atomic E-state index is 12.1. The SMILES string of the molecule is COc1ccccc1CN(C)C(=O)CN(C)C(C)C(=O)O.Cl. The third-order valence-corrected chi connectivity index (χ3v) is 3.43. The summed E-state index contributed by atoms with van der Waals surface area (Å²) < 4.78 is 5.25. The van der Waals surface area contributed by atoms with Gasteiger partial charge in [-0.15, -0.1) is 12.4 Å². The Hall–Kier alpha value is -1.79. The van der Waals surface area contributed by atoms with E-state index in [1.54, 1.807) is 33.0 Å². The van der Waals surface area contributed by atoms with Gasteiger partial charge in [-0.3, -0.25) is 14.5 Å². The molecule has 0 heterocycles. The van der Waals surface area contributed by atoms with Gasteiger partial charge in [-0.05, 0) is 20.0 Å². The molecule has 1 unspecified atom stereocenters. The minimum absolute atomic E-state index is 0. The lowest BCUT2D eigenvalue weighted by Crippen LogP contribution is -2.43. The Labute approximate surface area is 137 Å². The normalized spacial score (nSPS) is 11.5. The number of ether oxygens (including phenoxy) is 1. The number of amides is 1. The molecule has 0 aliphatic heterocycles. The van der Waals surface area contributed by atoms with Gasteiger partial charge >= 0.3 is 5.97 Å². The van der Waals surface area contributed by atoms with E-state index < -0.39 is 12.0 Å². The summed E-state index contributed by atoms with van der Waals surface area (Å²) in [5.41, 5.74) is 0.907. The zero-order chi connectivity index (χ0) is 16.0. The van der Waals surface area contributed by atoms with Gasteiger partial charge in [0, 0.05) is 19.2 Å². The van der Waals surface area contributed by atoms with Crippen molar-refractivity contribution >= 4 is 24.3 Å². The number of hydrogen-bond donors (Lipinski definition) is 1. The number of methoxy groups -OCH3 is 1. The minimum atomic E-state index is -0.947. The first-order chi connectivity index (χ1) is 9.86. The van der Waals surface area contributed by atoms with Crippen molar-refractivity contribution in [3.63, 3.8) is 0 Å². The van der Waals surface area contributed by atoms with Gasteiger partial charge in [-0.2, -0.15) is 0 Å². The van der Waals surface area contributed by atoms with Gasteiger partial charge in [-0.25, -0.2) is 0 Å². The largest absolute Gasteiger partial charge is 0.496 e. The Morgan fingerprint density at radius 2 is 1.86 bits per heavy atom. The predicted molar refractivity (Wildman–Crippen MR) is 86.4 cm³/mol. The number of carbonyl (C=O) groups is 2. The molecule has 0 saturated carbocycles. The monoisotopic (exact) mass is 330 g/mol. The first-order valence-electron chi connectivity index (χ1n) is 6.65. The predicted octanol–water partition coefficient (Wildman–Crippen LogP) is 1.48. The van der Waals surface area contributed by atoms with Crippen LogP contribution in [0.4, 0.5) is 0 Å². The number of likely N-dealkylation sites (N-methyl/N-ethyl adjacent to an activating group) is 2. The van der Waals surface area contributed by atoms with E-state index >= 15 is 0 Å². The van der Waals surface area contributed by atoms with Crippen LogP contribution in [-0.2, 0) is 16.1 Å². The first kappa shape index (κ1) is 20.2. The minimum Gasteiger partial charge on any atom is -0.496 e. The summed E-state index contributed by atoms with van der Waals surface area (Å²) in [6.45, 7) is 2.02. The molecule has 1 N–H and O–H groups in total. The molecule has 22 heavy (non-hydrogen) atoms. The number of benzene rings is 1. The average Bonchev–Trinajstić information content (AvgIpc) is 2.46.